The van der Waals surface area contributed by atoms with Gasteiger partial charge >= 0.3 is 11.7 Å². The predicted octanol–water partition coefficient (Wildman–Crippen LogP) is 3.15. The van der Waals surface area contributed by atoms with Crippen molar-refractivity contribution in [3.8, 4) is 0 Å². The van der Waals surface area contributed by atoms with Crippen LogP contribution < -0.4 is 0 Å². The second-order valence-corrected chi connectivity index (χ2v) is 4.18. The first kappa shape index (κ1) is 13.8. The molecule has 0 bridgehead atoms. The quantitative estimate of drug-likeness (QED) is 0.365. The molecule has 7 heteroatoms. The number of carbonyl (C=O) groups is 1. The summed E-state index contributed by atoms with van der Waals surface area (Å²) in [5.41, 5.74) is -0.0971. The van der Waals surface area contributed by atoms with E-state index >= 15 is 0 Å². The van der Waals surface area contributed by atoms with Crippen LogP contribution in [-0.2, 0) is 4.74 Å². The summed E-state index contributed by atoms with van der Waals surface area (Å²) in [7, 11) is 0. The maximum atomic E-state index is 11.6. The van der Waals surface area contributed by atoms with Crippen LogP contribution in [0.25, 0.3) is 0 Å². The van der Waals surface area contributed by atoms with Crippen LogP contribution >= 0.6 is 23.4 Å². The van der Waals surface area contributed by atoms with Crippen LogP contribution in [0.4, 0.5) is 5.69 Å². The molecule has 1 aromatic carbocycles. The highest BCUT2D eigenvalue weighted by atomic mass is 35.5. The Balaban J connectivity index is 3.38. The van der Waals surface area contributed by atoms with Crippen molar-refractivity contribution in [1.82, 2.24) is 0 Å². The van der Waals surface area contributed by atoms with E-state index in [1.807, 2.05) is 0 Å². The Kier molecular flexibility index (Phi) is 4.77. The molecule has 0 unspecified atom stereocenters. The molecule has 0 radical (unpaired) electrons. The first-order valence-corrected chi connectivity index (χ1v) is 6.31. The molecule has 0 spiro atoms. The number of nitrogens with zero attached hydrogens (tertiary/aromatic N) is 1. The molecule has 0 fully saturated rings. The van der Waals surface area contributed by atoms with Crippen molar-refractivity contribution in [2.45, 2.75) is 11.8 Å². The van der Waals surface area contributed by atoms with Gasteiger partial charge in [0.05, 0.1) is 17.1 Å². The van der Waals surface area contributed by atoms with Gasteiger partial charge in [-0.15, -0.1) is 11.8 Å². The molecule has 0 saturated heterocycles. The van der Waals surface area contributed by atoms with Crippen LogP contribution in [0.5, 0.6) is 0 Å². The molecule has 0 aromatic heterocycles. The zero-order valence-electron chi connectivity index (χ0n) is 9.23. The van der Waals surface area contributed by atoms with Gasteiger partial charge < -0.3 is 4.74 Å². The minimum Gasteiger partial charge on any atom is -0.462 e. The van der Waals surface area contributed by atoms with Crippen LogP contribution in [0.2, 0.25) is 5.02 Å². The summed E-state index contributed by atoms with van der Waals surface area (Å²) in [5, 5.41) is 10.9. The number of esters is 1. The molecule has 0 heterocycles. The smallest absolute Gasteiger partial charge is 0.339 e. The number of hydrogen-bond donors (Lipinski definition) is 0. The lowest BCUT2D eigenvalue weighted by Crippen LogP contribution is -2.07. The number of rotatable bonds is 4. The molecular weight excluding hydrogens is 266 g/mol. The van der Waals surface area contributed by atoms with E-state index in [2.05, 4.69) is 0 Å². The number of carbonyl (C=O) groups excluding carboxylic acids is 1. The van der Waals surface area contributed by atoms with Crippen molar-refractivity contribution in [3.05, 3.63) is 32.8 Å². The number of hydrogen-bond acceptors (Lipinski definition) is 5. The fourth-order valence-electron chi connectivity index (χ4n) is 1.29. The number of ether oxygens (including phenoxy) is 1. The first-order valence-electron chi connectivity index (χ1n) is 4.70. The molecule has 0 N–H and O–H groups in total. The average Bonchev–Trinajstić information content (AvgIpc) is 2.27. The van der Waals surface area contributed by atoms with Gasteiger partial charge in [0, 0.05) is 0 Å². The van der Waals surface area contributed by atoms with Crippen molar-refractivity contribution < 1.29 is 14.5 Å². The third-order valence-electron chi connectivity index (χ3n) is 1.96. The molecule has 0 amide bonds. The normalized spacial score (nSPS) is 10.1. The topological polar surface area (TPSA) is 69.4 Å². The summed E-state index contributed by atoms with van der Waals surface area (Å²) in [6, 6.07) is 2.75. The van der Waals surface area contributed by atoms with Crippen LogP contribution in [0.15, 0.2) is 17.0 Å². The van der Waals surface area contributed by atoms with Crippen molar-refractivity contribution in [1.29, 1.82) is 0 Å². The van der Waals surface area contributed by atoms with Gasteiger partial charge in [0.2, 0.25) is 0 Å². The van der Waals surface area contributed by atoms with E-state index in [0.29, 0.717) is 0 Å². The van der Waals surface area contributed by atoms with Crippen LogP contribution in [0.1, 0.15) is 17.3 Å². The Morgan fingerprint density at radius 3 is 2.71 bits per heavy atom. The Morgan fingerprint density at radius 2 is 2.24 bits per heavy atom. The molecular formula is C10H10ClNO4S. The van der Waals surface area contributed by atoms with Crippen molar-refractivity contribution in [2.75, 3.05) is 12.9 Å². The number of benzene rings is 1. The van der Waals surface area contributed by atoms with Gasteiger partial charge in [0.15, 0.2) is 0 Å². The summed E-state index contributed by atoms with van der Waals surface area (Å²) in [6.07, 6.45) is 1.64. The van der Waals surface area contributed by atoms with E-state index in [9.17, 15) is 14.9 Å². The molecule has 1 rings (SSSR count). The van der Waals surface area contributed by atoms with Gasteiger partial charge in [0.1, 0.15) is 9.92 Å². The molecule has 0 atom stereocenters. The van der Waals surface area contributed by atoms with Crippen LogP contribution in [0.3, 0.4) is 0 Å². The van der Waals surface area contributed by atoms with Gasteiger partial charge in [-0.2, -0.15) is 0 Å². The summed E-state index contributed by atoms with van der Waals surface area (Å²) in [4.78, 5) is 22.1. The van der Waals surface area contributed by atoms with Gasteiger partial charge in [-0.25, -0.2) is 4.79 Å². The van der Waals surface area contributed by atoms with E-state index in [-0.39, 0.29) is 27.8 Å². The van der Waals surface area contributed by atoms with Crippen LogP contribution in [0, 0.1) is 10.1 Å². The second-order valence-electron chi connectivity index (χ2n) is 2.95. The molecule has 17 heavy (non-hydrogen) atoms. The van der Waals surface area contributed by atoms with E-state index in [1.54, 1.807) is 13.2 Å². The fraction of sp³-hybridized carbons (Fsp3) is 0.300. The number of halogens is 1. The minimum absolute atomic E-state index is 0.00685. The van der Waals surface area contributed by atoms with E-state index in [0.717, 1.165) is 11.8 Å². The fourth-order valence-corrected chi connectivity index (χ4v) is 2.33. The third kappa shape index (κ3) is 2.89. The minimum atomic E-state index is -0.600. The second kappa shape index (κ2) is 5.88. The Hall–Kier alpha value is -1.27. The lowest BCUT2D eigenvalue weighted by atomic mass is 10.2. The number of thioether (sulfide) groups is 1. The lowest BCUT2D eigenvalue weighted by molar-refractivity contribution is -0.387. The highest BCUT2D eigenvalue weighted by Crippen LogP contribution is 2.37. The number of nitro benzene ring substituents is 1. The molecule has 0 aliphatic rings. The standard InChI is InChI=1S/C10H10ClNO4S/c1-3-16-10(13)6-4-5-7(11)8(12(14)15)9(6)17-2/h4-5H,3H2,1-2H3. The van der Waals surface area contributed by atoms with Gasteiger partial charge in [0.25, 0.3) is 0 Å². The Bertz CT molecular complexity index is 464. The predicted molar refractivity (Wildman–Crippen MR) is 65.8 cm³/mol. The van der Waals surface area contributed by atoms with Crippen molar-refractivity contribution in [2.24, 2.45) is 0 Å². The maximum absolute atomic E-state index is 11.6. The molecule has 0 aliphatic heterocycles. The maximum Gasteiger partial charge on any atom is 0.339 e. The third-order valence-corrected chi connectivity index (χ3v) is 3.09. The Morgan fingerprint density at radius 1 is 1.59 bits per heavy atom. The zero-order chi connectivity index (χ0) is 13.0. The highest BCUT2D eigenvalue weighted by Gasteiger charge is 2.25. The van der Waals surface area contributed by atoms with Crippen LogP contribution in [-0.4, -0.2) is 23.8 Å². The molecule has 1 aromatic rings. The zero-order valence-corrected chi connectivity index (χ0v) is 10.8. The Labute approximate surface area is 107 Å². The monoisotopic (exact) mass is 275 g/mol. The van der Waals surface area contributed by atoms with Gasteiger partial charge in [-0.3, -0.25) is 10.1 Å². The molecule has 0 saturated carbocycles. The van der Waals surface area contributed by atoms with Gasteiger partial charge in [-0.05, 0) is 25.3 Å². The summed E-state index contributed by atoms with van der Waals surface area (Å²) in [6.45, 7) is 1.88. The lowest BCUT2D eigenvalue weighted by Gasteiger charge is -2.08. The summed E-state index contributed by atoms with van der Waals surface area (Å²) < 4.78 is 4.83. The largest absolute Gasteiger partial charge is 0.462 e. The van der Waals surface area contributed by atoms with Gasteiger partial charge in [-0.1, -0.05) is 11.6 Å². The number of nitro groups is 1. The molecule has 92 valence electrons. The van der Waals surface area contributed by atoms with E-state index in [1.165, 1.54) is 12.1 Å². The summed E-state index contributed by atoms with van der Waals surface area (Å²) in [5.74, 6) is -0.586. The highest BCUT2D eigenvalue weighted by molar-refractivity contribution is 7.98. The molecule has 5 nitrogen and oxygen atoms in total. The molecule has 0 aliphatic carbocycles. The van der Waals surface area contributed by atoms with E-state index < -0.39 is 10.9 Å². The average molecular weight is 276 g/mol. The SMILES string of the molecule is CCOC(=O)c1ccc(Cl)c([N+](=O)[O-])c1SC. The van der Waals surface area contributed by atoms with E-state index in [4.69, 9.17) is 16.3 Å². The first-order chi connectivity index (χ1) is 8.02. The van der Waals surface area contributed by atoms with Crippen molar-refractivity contribution >= 4 is 35.0 Å². The van der Waals surface area contributed by atoms with Crippen molar-refractivity contribution in [3.63, 3.8) is 0 Å². The summed E-state index contributed by atoms with van der Waals surface area (Å²) >= 11 is 6.84.